The zero-order valence-corrected chi connectivity index (χ0v) is 12.3. The van der Waals surface area contributed by atoms with Crippen LogP contribution in [0.15, 0.2) is 18.2 Å². The van der Waals surface area contributed by atoms with E-state index in [2.05, 4.69) is 6.92 Å². The molecular formula is C16H23ClFN. The zero-order chi connectivity index (χ0) is 13.9. The van der Waals surface area contributed by atoms with E-state index in [0.29, 0.717) is 11.6 Å². The van der Waals surface area contributed by atoms with Gasteiger partial charge in [0.05, 0.1) is 0 Å². The molecule has 0 spiro atoms. The Balaban J connectivity index is 2.17. The van der Waals surface area contributed by atoms with Crippen molar-refractivity contribution in [2.75, 3.05) is 6.54 Å². The fraction of sp³-hybridized carbons (Fsp3) is 0.625. The second-order valence-corrected chi connectivity index (χ2v) is 6.39. The van der Waals surface area contributed by atoms with Gasteiger partial charge in [0.2, 0.25) is 0 Å². The summed E-state index contributed by atoms with van der Waals surface area (Å²) in [6.45, 7) is 2.94. The van der Waals surface area contributed by atoms with E-state index in [1.807, 2.05) is 6.07 Å². The third-order valence-corrected chi connectivity index (χ3v) is 4.98. The molecule has 0 amide bonds. The van der Waals surface area contributed by atoms with Crippen molar-refractivity contribution in [1.29, 1.82) is 0 Å². The van der Waals surface area contributed by atoms with Crippen LogP contribution in [0, 0.1) is 17.2 Å². The Hall–Kier alpha value is -0.600. The van der Waals surface area contributed by atoms with Gasteiger partial charge < -0.3 is 5.73 Å². The Morgan fingerprint density at radius 3 is 2.89 bits per heavy atom. The Kier molecular flexibility index (Phi) is 4.86. The molecule has 2 atom stereocenters. The minimum absolute atomic E-state index is 0.153. The molecular weight excluding hydrogens is 261 g/mol. The predicted octanol–water partition coefficient (Wildman–Crippen LogP) is 4.57. The van der Waals surface area contributed by atoms with Gasteiger partial charge in [0.25, 0.3) is 0 Å². The van der Waals surface area contributed by atoms with Gasteiger partial charge in [-0.15, -0.1) is 0 Å². The lowest BCUT2D eigenvalue weighted by Gasteiger charge is -2.40. The highest BCUT2D eigenvalue weighted by molar-refractivity contribution is 6.31. The zero-order valence-electron chi connectivity index (χ0n) is 11.6. The van der Waals surface area contributed by atoms with Gasteiger partial charge >= 0.3 is 0 Å². The molecule has 0 radical (unpaired) electrons. The van der Waals surface area contributed by atoms with E-state index in [0.717, 1.165) is 24.3 Å². The summed E-state index contributed by atoms with van der Waals surface area (Å²) in [6, 6.07) is 4.71. The number of benzene rings is 1. The minimum Gasteiger partial charge on any atom is -0.330 e. The van der Waals surface area contributed by atoms with Crippen LogP contribution in [0.1, 0.15) is 44.6 Å². The number of rotatable bonds is 4. The predicted molar refractivity (Wildman–Crippen MR) is 78.9 cm³/mol. The maximum atomic E-state index is 13.1. The normalized spacial score (nSPS) is 27.5. The third kappa shape index (κ3) is 3.49. The van der Waals surface area contributed by atoms with E-state index >= 15 is 0 Å². The second-order valence-electron chi connectivity index (χ2n) is 5.99. The largest absolute Gasteiger partial charge is 0.330 e. The van der Waals surface area contributed by atoms with Gasteiger partial charge in [0, 0.05) is 5.02 Å². The first-order chi connectivity index (χ1) is 9.08. The van der Waals surface area contributed by atoms with Crippen molar-refractivity contribution in [3.63, 3.8) is 0 Å². The number of hydrogen-bond acceptors (Lipinski definition) is 1. The minimum atomic E-state index is -0.273. The Labute approximate surface area is 120 Å². The average molecular weight is 284 g/mol. The van der Waals surface area contributed by atoms with Crippen molar-refractivity contribution in [2.45, 2.75) is 45.4 Å². The highest BCUT2D eigenvalue weighted by Crippen LogP contribution is 2.43. The fourth-order valence-electron chi connectivity index (χ4n) is 3.42. The van der Waals surface area contributed by atoms with Gasteiger partial charge in [-0.25, -0.2) is 4.39 Å². The van der Waals surface area contributed by atoms with Gasteiger partial charge in [-0.2, -0.15) is 0 Å². The molecule has 1 nitrogen and oxygen atoms in total. The van der Waals surface area contributed by atoms with Crippen molar-refractivity contribution in [2.24, 2.45) is 17.1 Å². The van der Waals surface area contributed by atoms with Crippen molar-refractivity contribution in [3.05, 3.63) is 34.6 Å². The highest BCUT2D eigenvalue weighted by Gasteiger charge is 2.35. The molecule has 2 N–H and O–H groups in total. The van der Waals surface area contributed by atoms with Crippen LogP contribution in [0.25, 0.3) is 0 Å². The smallest absolute Gasteiger partial charge is 0.124 e. The first-order valence-corrected chi connectivity index (χ1v) is 7.60. The first kappa shape index (κ1) is 14.8. The second kappa shape index (κ2) is 6.23. The monoisotopic (exact) mass is 283 g/mol. The van der Waals surface area contributed by atoms with Gasteiger partial charge in [-0.3, -0.25) is 0 Å². The molecule has 1 aromatic rings. The average Bonchev–Trinajstić information content (AvgIpc) is 2.42. The quantitative estimate of drug-likeness (QED) is 0.861. The third-order valence-electron chi connectivity index (χ3n) is 4.63. The van der Waals surface area contributed by atoms with E-state index in [9.17, 15) is 4.39 Å². The SMILES string of the molecule is CCC1CCCC(CN)(Cc2ccc(F)cc2Cl)C1. The first-order valence-electron chi connectivity index (χ1n) is 7.22. The Bertz CT molecular complexity index is 435. The molecule has 19 heavy (non-hydrogen) atoms. The van der Waals surface area contributed by atoms with Crippen LogP contribution in [0.5, 0.6) is 0 Å². The summed E-state index contributed by atoms with van der Waals surface area (Å²) in [6.07, 6.45) is 6.99. The van der Waals surface area contributed by atoms with Gasteiger partial charge in [0.1, 0.15) is 5.82 Å². The topological polar surface area (TPSA) is 26.0 Å². The van der Waals surface area contributed by atoms with Crippen LogP contribution in [0.2, 0.25) is 5.02 Å². The van der Waals surface area contributed by atoms with Gasteiger partial charge in [-0.1, -0.05) is 43.9 Å². The molecule has 1 aliphatic rings. The van der Waals surface area contributed by atoms with Crippen molar-refractivity contribution in [3.8, 4) is 0 Å². The number of nitrogens with two attached hydrogens (primary N) is 1. The lowest BCUT2D eigenvalue weighted by Crippen LogP contribution is -2.37. The van der Waals surface area contributed by atoms with Crippen molar-refractivity contribution < 1.29 is 4.39 Å². The van der Waals surface area contributed by atoms with E-state index < -0.39 is 0 Å². The Morgan fingerprint density at radius 2 is 2.26 bits per heavy atom. The van der Waals surface area contributed by atoms with Crippen molar-refractivity contribution >= 4 is 11.6 Å². The standard InChI is InChI=1S/C16H23ClFN/c1-2-12-4-3-7-16(9-12,11-19)10-13-5-6-14(18)8-15(13)17/h5-6,8,12H,2-4,7,9-11,19H2,1H3. The van der Waals surface area contributed by atoms with Crippen LogP contribution in [-0.2, 0) is 6.42 Å². The highest BCUT2D eigenvalue weighted by atomic mass is 35.5. The summed E-state index contributed by atoms with van der Waals surface area (Å²) in [5.74, 6) is 0.502. The maximum absolute atomic E-state index is 13.1. The summed E-state index contributed by atoms with van der Waals surface area (Å²) >= 11 is 6.16. The molecule has 106 valence electrons. The van der Waals surface area contributed by atoms with Crippen LogP contribution >= 0.6 is 11.6 Å². The maximum Gasteiger partial charge on any atom is 0.124 e. The van der Waals surface area contributed by atoms with Gasteiger partial charge in [-0.05, 0) is 54.8 Å². The number of hydrogen-bond donors (Lipinski definition) is 1. The summed E-state index contributed by atoms with van der Waals surface area (Å²) < 4.78 is 13.1. The lowest BCUT2D eigenvalue weighted by molar-refractivity contribution is 0.142. The molecule has 0 aromatic heterocycles. The summed E-state index contributed by atoms with van der Waals surface area (Å²) in [5.41, 5.74) is 7.25. The number of halogens is 2. The summed E-state index contributed by atoms with van der Waals surface area (Å²) in [5, 5.41) is 0.534. The van der Waals surface area contributed by atoms with E-state index in [4.69, 9.17) is 17.3 Å². The summed E-state index contributed by atoms with van der Waals surface area (Å²) in [4.78, 5) is 0. The fourth-order valence-corrected chi connectivity index (χ4v) is 3.65. The molecule has 3 heteroatoms. The van der Waals surface area contributed by atoms with Gasteiger partial charge in [0.15, 0.2) is 0 Å². The molecule has 0 aliphatic heterocycles. The molecule has 1 fully saturated rings. The molecule has 0 heterocycles. The molecule has 1 aliphatic carbocycles. The van der Waals surface area contributed by atoms with Crippen LogP contribution in [0.4, 0.5) is 4.39 Å². The molecule has 0 bridgehead atoms. The molecule has 1 saturated carbocycles. The van der Waals surface area contributed by atoms with Crippen LogP contribution < -0.4 is 5.73 Å². The van der Waals surface area contributed by atoms with E-state index in [1.54, 1.807) is 0 Å². The van der Waals surface area contributed by atoms with Crippen molar-refractivity contribution in [1.82, 2.24) is 0 Å². The van der Waals surface area contributed by atoms with E-state index in [1.165, 1.54) is 37.8 Å². The van der Waals surface area contributed by atoms with E-state index in [-0.39, 0.29) is 11.2 Å². The molecule has 2 rings (SSSR count). The lowest BCUT2D eigenvalue weighted by atomic mass is 9.66. The molecule has 0 saturated heterocycles. The molecule has 1 aromatic carbocycles. The summed E-state index contributed by atoms with van der Waals surface area (Å²) in [7, 11) is 0. The van der Waals surface area contributed by atoms with Crippen LogP contribution in [-0.4, -0.2) is 6.54 Å². The van der Waals surface area contributed by atoms with Crippen LogP contribution in [0.3, 0.4) is 0 Å². The molecule has 2 unspecified atom stereocenters. The Morgan fingerprint density at radius 1 is 1.47 bits per heavy atom.